The highest BCUT2D eigenvalue weighted by molar-refractivity contribution is 8.16. The van der Waals surface area contributed by atoms with E-state index in [0.717, 1.165) is 11.4 Å². The van der Waals surface area contributed by atoms with Crippen molar-refractivity contribution in [2.24, 2.45) is 0 Å². The molecule has 1 fully saturated rings. The maximum Gasteiger partial charge on any atom is 0.0991 e. The number of nitrogens with zero attached hydrogens (tertiary/aromatic N) is 3. The zero-order chi connectivity index (χ0) is 17.1. The van der Waals surface area contributed by atoms with E-state index in [0.29, 0.717) is 10.1 Å². The van der Waals surface area contributed by atoms with Gasteiger partial charge in [0.25, 0.3) is 0 Å². The molecule has 2 heterocycles. The average Bonchev–Trinajstić information content (AvgIpc) is 3.15. The van der Waals surface area contributed by atoms with E-state index in [4.69, 9.17) is 10.4 Å². The number of rotatable bonds is 3. The first-order valence-corrected chi connectivity index (χ1v) is 10.3. The van der Waals surface area contributed by atoms with Crippen molar-refractivity contribution >= 4 is 23.5 Å². The highest BCUT2D eigenvalue weighted by Crippen LogP contribution is 2.46. The van der Waals surface area contributed by atoms with Gasteiger partial charge < -0.3 is 0 Å². The van der Waals surface area contributed by atoms with Crippen molar-refractivity contribution < 1.29 is 0 Å². The SMILES string of the molecule is N#Cc1ccc(-n2cc(-c3ccccc3)c(C3SCCCS3)n2)cc1. The first-order valence-electron chi connectivity index (χ1n) is 8.24. The summed E-state index contributed by atoms with van der Waals surface area (Å²) in [5.74, 6) is 2.38. The summed E-state index contributed by atoms with van der Waals surface area (Å²) < 4.78 is 2.32. The van der Waals surface area contributed by atoms with Crippen molar-refractivity contribution in [1.29, 1.82) is 5.26 Å². The molecule has 3 aromatic rings. The molecule has 3 nitrogen and oxygen atoms in total. The Morgan fingerprint density at radius 3 is 2.40 bits per heavy atom. The Labute approximate surface area is 156 Å². The summed E-state index contributed by atoms with van der Waals surface area (Å²) in [6.45, 7) is 0. The average molecular weight is 364 g/mol. The van der Waals surface area contributed by atoms with Gasteiger partial charge in [-0.1, -0.05) is 30.3 Å². The Kier molecular flexibility index (Phi) is 4.82. The minimum absolute atomic E-state index is 0.378. The molecule has 0 N–H and O–H groups in total. The van der Waals surface area contributed by atoms with Gasteiger partial charge in [-0.15, -0.1) is 23.5 Å². The van der Waals surface area contributed by atoms with E-state index >= 15 is 0 Å². The Bertz CT molecular complexity index is 889. The van der Waals surface area contributed by atoms with E-state index in [-0.39, 0.29) is 0 Å². The number of thioether (sulfide) groups is 2. The van der Waals surface area contributed by atoms with Gasteiger partial charge in [-0.05, 0) is 47.8 Å². The van der Waals surface area contributed by atoms with Crippen LogP contribution in [0, 0.1) is 11.3 Å². The topological polar surface area (TPSA) is 41.6 Å². The lowest BCUT2D eigenvalue weighted by Crippen LogP contribution is -2.03. The van der Waals surface area contributed by atoms with E-state index in [1.165, 1.54) is 29.1 Å². The van der Waals surface area contributed by atoms with Crippen LogP contribution in [0.1, 0.15) is 22.3 Å². The summed E-state index contributed by atoms with van der Waals surface area (Å²) in [5, 5.41) is 13.9. The molecule has 0 atom stereocenters. The zero-order valence-corrected chi connectivity index (χ0v) is 15.3. The molecule has 0 amide bonds. The van der Waals surface area contributed by atoms with Crippen LogP contribution in [0.25, 0.3) is 16.8 Å². The third kappa shape index (κ3) is 3.46. The number of aromatic nitrogens is 2. The number of hydrogen-bond donors (Lipinski definition) is 0. The van der Waals surface area contributed by atoms with Gasteiger partial charge in [-0.2, -0.15) is 10.4 Å². The zero-order valence-electron chi connectivity index (χ0n) is 13.6. The Morgan fingerprint density at radius 2 is 1.72 bits per heavy atom. The molecule has 0 saturated carbocycles. The first kappa shape index (κ1) is 16.3. The third-order valence-corrected chi connectivity index (χ3v) is 7.06. The minimum Gasteiger partial charge on any atom is -0.240 e. The van der Waals surface area contributed by atoms with E-state index in [1.807, 2.05) is 58.5 Å². The van der Waals surface area contributed by atoms with Gasteiger partial charge in [0.15, 0.2) is 0 Å². The van der Waals surface area contributed by atoms with Crippen LogP contribution in [0.2, 0.25) is 0 Å². The molecule has 1 aromatic heterocycles. The number of hydrogen-bond acceptors (Lipinski definition) is 4. The molecular formula is C20H17N3S2. The van der Waals surface area contributed by atoms with Crippen LogP contribution in [-0.2, 0) is 0 Å². The number of benzene rings is 2. The van der Waals surface area contributed by atoms with Crippen molar-refractivity contribution in [2.45, 2.75) is 11.0 Å². The molecule has 0 radical (unpaired) electrons. The first-order chi connectivity index (χ1) is 12.3. The standard InChI is InChI=1S/C20H17N3S2/c21-13-15-7-9-17(10-8-15)23-14-18(16-5-2-1-3-6-16)19(22-23)20-24-11-4-12-25-20/h1-3,5-10,14,20H,4,11-12H2. The van der Waals surface area contributed by atoms with Gasteiger partial charge in [0.1, 0.15) is 0 Å². The van der Waals surface area contributed by atoms with Crippen LogP contribution in [0.5, 0.6) is 0 Å². The Morgan fingerprint density at radius 1 is 1.00 bits per heavy atom. The van der Waals surface area contributed by atoms with E-state index in [2.05, 4.69) is 36.5 Å². The molecule has 1 saturated heterocycles. The lowest BCUT2D eigenvalue weighted by atomic mass is 10.1. The van der Waals surface area contributed by atoms with Crippen molar-refractivity contribution in [2.75, 3.05) is 11.5 Å². The second-order valence-corrected chi connectivity index (χ2v) is 8.55. The monoisotopic (exact) mass is 363 g/mol. The molecule has 5 heteroatoms. The van der Waals surface area contributed by atoms with E-state index in [1.54, 1.807) is 0 Å². The summed E-state index contributed by atoms with van der Waals surface area (Å²) in [5.41, 5.74) is 5.18. The summed E-state index contributed by atoms with van der Waals surface area (Å²) in [7, 11) is 0. The molecule has 2 aromatic carbocycles. The molecule has 25 heavy (non-hydrogen) atoms. The fraction of sp³-hybridized carbons (Fsp3) is 0.200. The van der Waals surface area contributed by atoms with Crippen molar-refractivity contribution in [3.05, 3.63) is 72.1 Å². The lowest BCUT2D eigenvalue weighted by Gasteiger charge is -2.20. The maximum absolute atomic E-state index is 8.99. The minimum atomic E-state index is 0.378. The van der Waals surface area contributed by atoms with Crippen LogP contribution in [-0.4, -0.2) is 21.3 Å². The maximum atomic E-state index is 8.99. The van der Waals surface area contributed by atoms with Crippen LogP contribution < -0.4 is 0 Å². The summed E-state index contributed by atoms with van der Waals surface area (Å²) in [4.78, 5) is 0. The lowest BCUT2D eigenvalue weighted by molar-refractivity contribution is 0.856. The molecule has 4 rings (SSSR count). The molecule has 0 bridgehead atoms. The van der Waals surface area contributed by atoms with Gasteiger partial charge in [-0.3, -0.25) is 0 Å². The fourth-order valence-corrected chi connectivity index (χ4v) is 5.73. The van der Waals surface area contributed by atoms with Crippen molar-refractivity contribution in [1.82, 2.24) is 9.78 Å². The van der Waals surface area contributed by atoms with Crippen molar-refractivity contribution in [3.63, 3.8) is 0 Å². The summed E-state index contributed by atoms with van der Waals surface area (Å²) >= 11 is 3.97. The van der Waals surface area contributed by atoms with Gasteiger partial charge in [-0.25, -0.2) is 4.68 Å². The van der Waals surface area contributed by atoms with E-state index < -0.39 is 0 Å². The van der Waals surface area contributed by atoms with Gasteiger partial charge >= 0.3 is 0 Å². The highest BCUT2D eigenvalue weighted by atomic mass is 32.2. The van der Waals surface area contributed by atoms with Crippen LogP contribution >= 0.6 is 23.5 Å². The Hall–Kier alpha value is -2.16. The predicted octanol–water partition coefficient (Wildman–Crippen LogP) is 5.28. The van der Waals surface area contributed by atoms with Crippen LogP contribution in [0.3, 0.4) is 0 Å². The van der Waals surface area contributed by atoms with E-state index in [9.17, 15) is 0 Å². The quantitative estimate of drug-likeness (QED) is 0.635. The largest absolute Gasteiger partial charge is 0.240 e. The third-order valence-electron chi connectivity index (χ3n) is 4.14. The molecular weight excluding hydrogens is 346 g/mol. The smallest absolute Gasteiger partial charge is 0.0991 e. The molecule has 1 aliphatic rings. The van der Waals surface area contributed by atoms with Crippen LogP contribution in [0.4, 0.5) is 0 Å². The van der Waals surface area contributed by atoms with Crippen molar-refractivity contribution in [3.8, 4) is 22.9 Å². The fourth-order valence-electron chi connectivity index (χ4n) is 2.87. The molecule has 0 aliphatic carbocycles. The Balaban J connectivity index is 1.78. The summed E-state index contributed by atoms with van der Waals surface area (Å²) in [6, 6.07) is 20.2. The normalized spacial score (nSPS) is 15.0. The summed E-state index contributed by atoms with van der Waals surface area (Å²) in [6.07, 6.45) is 3.38. The second kappa shape index (κ2) is 7.38. The molecule has 124 valence electrons. The molecule has 0 spiro atoms. The second-order valence-electron chi connectivity index (χ2n) is 5.82. The van der Waals surface area contributed by atoms with Gasteiger partial charge in [0.05, 0.1) is 27.6 Å². The van der Waals surface area contributed by atoms with Gasteiger partial charge in [0.2, 0.25) is 0 Å². The number of nitriles is 1. The highest BCUT2D eigenvalue weighted by Gasteiger charge is 2.24. The molecule has 0 unspecified atom stereocenters. The molecule has 1 aliphatic heterocycles. The van der Waals surface area contributed by atoms with Crippen LogP contribution in [0.15, 0.2) is 60.8 Å². The van der Waals surface area contributed by atoms with Gasteiger partial charge in [0, 0.05) is 11.8 Å². The predicted molar refractivity (Wildman–Crippen MR) is 106 cm³/mol.